The Bertz CT molecular complexity index is 365. The van der Waals surface area contributed by atoms with Crippen LogP contribution in [0.2, 0.25) is 0 Å². The van der Waals surface area contributed by atoms with Gasteiger partial charge in [-0.2, -0.15) is 11.8 Å². The average Bonchev–Trinajstić information content (AvgIpc) is 2.78. The van der Waals surface area contributed by atoms with E-state index >= 15 is 0 Å². The second-order valence-corrected chi connectivity index (χ2v) is 5.30. The first-order chi connectivity index (χ1) is 8.06. The molecule has 0 aliphatic rings. The fourth-order valence-electron chi connectivity index (χ4n) is 1.63. The third-order valence-electron chi connectivity index (χ3n) is 3.09. The third-order valence-corrected chi connectivity index (χ3v) is 4.68. The topological polar surface area (TPSA) is 70.7 Å². The number of carbonyl (C=O) groups is 1. The first-order valence-corrected chi connectivity index (χ1v) is 7.01. The Morgan fingerprint density at radius 3 is 2.53 bits per heavy atom. The molecule has 96 valence electrons. The first-order valence-electron chi connectivity index (χ1n) is 5.79. The number of carbonyl (C=O) groups excluding carboxylic acids is 1. The largest absolute Gasteiger partial charge is 0.348 e. The van der Waals surface area contributed by atoms with E-state index in [1.54, 1.807) is 18.7 Å². The molecule has 0 aliphatic carbocycles. The van der Waals surface area contributed by atoms with Gasteiger partial charge >= 0.3 is 0 Å². The molecule has 1 heterocycles. The summed E-state index contributed by atoms with van der Waals surface area (Å²) >= 11 is 1.80. The average molecular weight is 256 g/mol. The van der Waals surface area contributed by atoms with E-state index in [1.165, 1.54) is 0 Å². The lowest BCUT2D eigenvalue weighted by molar-refractivity contribution is 0.0939. The number of thioether (sulfide) groups is 1. The first kappa shape index (κ1) is 14.0. The molecule has 2 N–H and O–H groups in total. The highest BCUT2D eigenvalue weighted by molar-refractivity contribution is 8.00. The zero-order valence-corrected chi connectivity index (χ0v) is 11.6. The zero-order valence-electron chi connectivity index (χ0n) is 10.8. The summed E-state index contributed by atoms with van der Waals surface area (Å²) < 4.78 is 0.112. The van der Waals surface area contributed by atoms with Crippen LogP contribution in [0.1, 0.15) is 43.1 Å². The van der Waals surface area contributed by atoms with Crippen LogP contribution in [-0.4, -0.2) is 38.6 Å². The predicted octanol–water partition coefficient (Wildman–Crippen LogP) is 1.76. The van der Waals surface area contributed by atoms with Gasteiger partial charge in [-0.3, -0.25) is 9.89 Å². The van der Waals surface area contributed by atoms with Crippen LogP contribution in [-0.2, 0) is 0 Å². The predicted molar refractivity (Wildman–Crippen MR) is 70.3 cm³/mol. The second-order valence-electron chi connectivity index (χ2n) is 4.02. The Morgan fingerprint density at radius 1 is 1.47 bits per heavy atom. The summed E-state index contributed by atoms with van der Waals surface area (Å²) in [6.07, 6.45) is 4.13. The monoisotopic (exact) mass is 256 g/mol. The molecular formula is C11H20N4OS. The van der Waals surface area contributed by atoms with Gasteiger partial charge in [-0.05, 0) is 26.0 Å². The van der Waals surface area contributed by atoms with Gasteiger partial charge in [0.05, 0.1) is 0 Å². The number of nitrogens with one attached hydrogen (secondary N) is 2. The highest BCUT2D eigenvalue weighted by atomic mass is 32.2. The molecule has 0 fully saturated rings. The van der Waals surface area contributed by atoms with Crippen LogP contribution in [0.5, 0.6) is 0 Å². The number of hydrogen-bond donors (Lipinski definition) is 2. The smallest absolute Gasteiger partial charge is 0.291 e. The van der Waals surface area contributed by atoms with E-state index in [1.807, 2.05) is 0 Å². The molecule has 0 atom stereocenters. The maximum Gasteiger partial charge on any atom is 0.291 e. The number of aryl methyl sites for hydroxylation is 1. The molecular weight excluding hydrogens is 236 g/mol. The molecule has 1 rings (SSSR count). The second kappa shape index (κ2) is 6.05. The molecule has 0 aromatic carbocycles. The minimum absolute atomic E-state index is 0.112. The molecule has 1 aromatic rings. The van der Waals surface area contributed by atoms with Crippen molar-refractivity contribution >= 4 is 17.7 Å². The van der Waals surface area contributed by atoms with Crippen LogP contribution in [0.4, 0.5) is 0 Å². The third kappa shape index (κ3) is 3.46. The molecule has 0 radical (unpaired) electrons. The summed E-state index contributed by atoms with van der Waals surface area (Å²) in [6, 6.07) is 0. The van der Waals surface area contributed by atoms with Gasteiger partial charge in [-0.15, -0.1) is 5.10 Å². The maximum absolute atomic E-state index is 11.8. The fourth-order valence-corrected chi connectivity index (χ4v) is 2.42. The van der Waals surface area contributed by atoms with E-state index in [-0.39, 0.29) is 16.5 Å². The van der Waals surface area contributed by atoms with Crippen LogP contribution in [0, 0.1) is 6.92 Å². The van der Waals surface area contributed by atoms with Crippen molar-refractivity contribution < 1.29 is 4.79 Å². The van der Waals surface area contributed by atoms with Gasteiger partial charge in [-0.25, -0.2) is 4.98 Å². The number of rotatable bonds is 6. The van der Waals surface area contributed by atoms with Gasteiger partial charge in [-0.1, -0.05) is 13.8 Å². The summed E-state index contributed by atoms with van der Waals surface area (Å²) in [5.74, 6) is 0.650. The zero-order chi connectivity index (χ0) is 12.9. The maximum atomic E-state index is 11.8. The van der Waals surface area contributed by atoms with Crippen molar-refractivity contribution in [2.24, 2.45) is 0 Å². The van der Waals surface area contributed by atoms with Gasteiger partial charge in [0.25, 0.3) is 5.91 Å². The molecule has 1 amide bonds. The Labute approximate surface area is 106 Å². The number of aromatic amines is 1. The number of nitrogens with zero attached hydrogens (tertiary/aromatic N) is 2. The number of amides is 1. The quantitative estimate of drug-likeness (QED) is 0.813. The summed E-state index contributed by atoms with van der Waals surface area (Å²) in [5, 5.41) is 9.40. The number of H-pyrrole nitrogens is 1. The van der Waals surface area contributed by atoms with Crippen LogP contribution >= 0.6 is 11.8 Å². The fraction of sp³-hybridized carbons (Fsp3) is 0.727. The lowest BCUT2D eigenvalue weighted by Crippen LogP contribution is -2.40. The molecule has 0 saturated carbocycles. The van der Waals surface area contributed by atoms with Gasteiger partial charge in [0.1, 0.15) is 5.82 Å². The normalized spacial score (nSPS) is 11.5. The van der Waals surface area contributed by atoms with Crippen LogP contribution in [0.25, 0.3) is 0 Å². The van der Waals surface area contributed by atoms with E-state index in [0.717, 1.165) is 12.8 Å². The summed E-state index contributed by atoms with van der Waals surface area (Å²) in [6.45, 7) is 6.70. The van der Waals surface area contributed by atoms with Crippen molar-refractivity contribution in [2.45, 2.75) is 38.4 Å². The molecule has 0 bridgehead atoms. The van der Waals surface area contributed by atoms with Crippen LogP contribution in [0.3, 0.4) is 0 Å². The van der Waals surface area contributed by atoms with Gasteiger partial charge in [0.15, 0.2) is 0 Å². The van der Waals surface area contributed by atoms with Crippen molar-refractivity contribution in [3.05, 3.63) is 11.6 Å². The highest BCUT2D eigenvalue weighted by Crippen LogP contribution is 2.29. The molecule has 17 heavy (non-hydrogen) atoms. The number of aromatic nitrogens is 3. The summed E-state index contributed by atoms with van der Waals surface area (Å²) in [4.78, 5) is 15.8. The molecule has 0 saturated heterocycles. The Hall–Kier alpha value is -1.04. The molecule has 1 aromatic heterocycles. The van der Waals surface area contributed by atoms with E-state index < -0.39 is 0 Å². The van der Waals surface area contributed by atoms with Gasteiger partial charge in [0, 0.05) is 11.3 Å². The molecule has 5 nitrogen and oxygen atoms in total. The summed E-state index contributed by atoms with van der Waals surface area (Å²) in [5.41, 5.74) is 0. The van der Waals surface area contributed by atoms with Crippen molar-refractivity contribution in [2.75, 3.05) is 12.8 Å². The van der Waals surface area contributed by atoms with E-state index in [4.69, 9.17) is 0 Å². The Morgan fingerprint density at radius 2 is 2.12 bits per heavy atom. The Kier molecular flexibility index (Phi) is 4.99. The standard InChI is InChI=1S/C11H20N4OS/c1-5-11(6-2,17-4)7-12-10(16)9-13-8(3)14-15-9/h5-7H2,1-4H3,(H,12,16)(H,13,14,15). The minimum Gasteiger partial charge on any atom is -0.348 e. The molecule has 0 spiro atoms. The van der Waals surface area contributed by atoms with Crippen LogP contribution in [0.15, 0.2) is 0 Å². The van der Waals surface area contributed by atoms with Gasteiger partial charge in [0.2, 0.25) is 5.82 Å². The van der Waals surface area contributed by atoms with Gasteiger partial charge < -0.3 is 5.32 Å². The van der Waals surface area contributed by atoms with Crippen molar-refractivity contribution in [1.82, 2.24) is 20.5 Å². The number of hydrogen-bond acceptors (Lipinski definition) is 4. The van der Waals surface area contributed by atoms with E-state index in [2.05, 4.69) is 40.6 Å². The van der Waals surface area contributed by atoms with Crippen molar-refractivity contribution in [3.8, 4) is 0 Å². The molecule has 0 aliphatic heterocycles. The minimum atomic E-state index is -0.213. The van der Waals surface area contributed by atoms with Crippen molar-refractivity contribution in [3.63, 3.8) is 0 Å². The van der Waals surface area contributed by atoms with Crippen molar-refractivity contribution in [1.29, 1.82) is 0 Å². The van der Waals surface area contributed by atoms with Crippen LogP contribution < -0.4 is 5.32 Å². The molecule has 6 heteroatoms. The van der Waals surface area contributed by atoms with E-state index in [0.29, 0.717) is 12.4 Å². The Balaban J connectivity index is 2.58. The lowest BCUT2D eigenvalue weighted by Gasteiger charge is -2.29. The highest BCUT2D eigenvalue weighted by Gasteiger charge is 2.26. The summed E-state index contributed by atoms with van der Waals surface area (Å²) in [7, 11) is 0. The van der Waals surface area contributed by atoms with E-state index in [9.17, 15) is 4.79 Å². The SMILES string of the molecule is CCC(CC)(CNC(=O)c1n[nH]c(C)n1)SC. The molecule has 0 unspecified atom stereocenters. The lowest BCUT2D eigenvalue weighted by atomic mass is 10.0.